The highest BCUT2D eigenvalue weighted by atomic mass is 16.2. The molecule has 0 aromatic heterocycles. The van der Waals surface area contributed by atoms with Crippen LogP contribution < -0.4 is 37.5 Å². The number of amidine groups is 1. The van der Waals surface area contributed by atoms with Gasteiger partial charge in [0, 0.05) is 49.6 Å². The van der Waals surface area contributed by atoms with Crippen molar-refractivity contribution < 1.29 is 14.4 Å². The first kappa shape index (κ1) is 26.7. The number of nitrogens with zero attached hydrogens (tertiary/aromatic N) is 2. The van der Waals surface area contributed by atoms with Crippen LogP contribution in [0.1, 0.15) is 20.8 Å². The molecule has 3 amide bonds. The Kier molecular flexibility index (Phi) is 8.39. The van der Waals surface area contributed by atoms with Crippen molar-refractivity contribution in [1.82, 2.24) is 16.1 Å². The van der Waals surface area contributed by atoms with Crippen LogP contribution in [0.3, 0.4) is 0 Å². The van der Waals surface area contributed by atoms with Gasteiger partial charge in [0.1, 0.15) is 11.7 Å². The number of amides is 3. The molecule has 0 unspecified atom stereocenters. The van der Waals surface area contributed by atoms with Gasteiger partial charge in [-0.2, -0.15) is 0 Å². The Bertz CT molecular complexity index is 1400. The van der Waals surface area contributed by atoms with Gasteiger partial charge in [-0.25, -0.2) is 4.99 Å². The molecule has 0 atom stereocenters. The normalized spacial score (nSPS) is 13.8. The van der Waals surface area contributed by atoms with E-state index in [1.54, 1.807) is 54.6 Å². The predicted molar refractivity (Wildman–Crippen MR) is 153 cm³/mol. The van der Waals surface area contributed by atoms with Crippen molar-refractivity contribution in [3.63, 3.8) is 0 Å². The van der Waals surface area contributed by atoms with Gasteiger partial charge in [0.2, 0.25) is 17.7 Å². The second kappa shape index (κ2) is 12.3. The van der Waals surface area contributed by atoms with Crippen molar-refractivity contribution in [3.8, 4) is 0 Å². The van der Waals surface area contributed by atoms with Crippen LogP contribution in [0.2, 0.25) is 0 Å². The molecule has 4 rings (SSSR count). The largest absolute Gasteiger partial charge is 0.341 e. The predicted octanol–water partition coefficient (Wildman–Crippen LogP) is 3.90. The number of nitrogens with one attached hydrogen (secondary N) is 7. The van der Waals surface area contributed by atoms with Crippen LogP contribution in [-0.2, 0) is 14.4 Å². The number of rotatable bonds is 8. The zero-order chi connectivity index (χ0) is 27.8. The van der Waals surface area contributed by atoms with Crippen LogP contribution in [0.5, 0.6) is 0 Å². The first-order valence-electron chi connectivity index (χ1n) is 12.0. The van der Waals surface area contributed by atoms with Crippen molar-refractivity contribution in [3.05, 3.63) is 84.7 Å². The van der Waals surface area contributed by atoms with Crippen molar-refractivity contribution in [2.24, 2.45) is 4.99 Å². The highest BCUT2D eigenvalue weighted by Gasteiger charge is 2.16. The molecule has 200 valence electrons. The number of hydrogen-bond donors (Lipinski definition) is 7. The van der Waals surface area contributed by atoms with Gasteiger partial charge in [-0.1, -0.05) is 0 Å². The molecule has 0 spiro atoms. The third kappa shape index (κ3) is 8.33. The number of carbonyl (C=O) groups is 3. The van der Waals surface area contributed by atoms with Gasteiger partial charge in [0.15, 0.2) is 0 Å². The van der Waals surface area contributed by atoms with E-state index in [1.165, 1.54) is 26.0 Å². The minimum Gasteiger partial charge on any atom is -0.341 e. The van der Waals surface area contributed by atoms with E-state index in [0.29, 0.717) is 34.4 Å². The molecular weight excluding hydrogens is 498 g/mol. The van der Waals surface area contributed by atoms with Gasteiger partial charge >= 0.3 is 0 Å². The maximum absolute atomic E-state index is 11.3. The lowest BCUT2D eigenvalue weighted by atomic mass is 10.2. The van der Waals surface area contributed by atoms with E-state index in [-0.39, 0.29) is 17.7 Å². The minimum absolute atomic E-state index is 0.142. The quantitative estimate of drug-likeness (QED) is 0.233. The van der Waals surface area contributed by atoms with Crippen LogP contribution in [0.25, 0.3) is 0 Å². The van der Waals surface area contributed by atoms with Gasteiger partial charge in [-0.3, -0.25) is 30.7 Å². The molecule has 0 saturated heterocycles. The molecule has 3 aromatic carbocycles. The average molecular weight is 528 g/mol. The van der Waals surface area contributed by atoms with E-state index in [0.717, 1.165) is 11.4 Å². The van der Waals surface area contributed by atoms with Crippen LogP contribution >= 0.6 is 0 Å². The molecular formula is C27H29N9O3. The minimum atomic E-state index is -0.148. The van der Waals surface area contributed by atoms with Crippen molar-refractivity contribution in [1.29, 1.82) is 0 Å². The molecule has 7 N–H and O–H groups in total. The summed E-state index contributed by atoms with van der Waals surface area (Å²) in [6.45, 7) is 4.37. The Hall–Kier alpha value is -5.36. The van der Waals surface area contributed by atoms with Gasteiger partial charge in [-0.15, -0.1) is 0 Å². The summed E-state index contributed by atoms with van der Waals surface area (Å²) in [4.78, 5) is 38.6. The van der Waals surface area contributed by atoms with Crippen molar-refractivity contribution >= 4 is 57.7 Å². The summed E-state index contributed by atoms with van der Waals surface area (Å²) in [5.74, 6) is 0.686. The number of aliphatic imine (C=N–C) groups is 1. The summed E-state index contributed by atoms with van der Waals surface area (Å²) in [5.41, 5.74) is 13.8. The van der Waals surface area contributed by atoms with Crippen molar-refractivity contribution in [2.45, 2.75) is 20.8 Å². The Morgan fingerprint density at radius 2 is 1.05 bits per heavy atom. The molecule has 12 nitrogen and oxygen atoms in total. The smallest absolute Gasteiger partial charge is 0.221 e. The molecule has 0 saturated carbocycles. The summed E-state index contributed by atoms with van der Waals surface area (Å²) in [6, 6.07) is 21.6. The molecule has 1 heterocycles. The Morgan fingerprint density at radius 1 is 0.615 bits per heavy atom. The summed E-state index contributed by atoms with van der Waals surface area (Å²) in [5, 5.41) is 13.0. The average Bonchev–Trinajstić information content (AvgIpc) is 2.87. The number of anilines is 5. The standard InChI is InChI=1S/C27H29N9O3/c1-17(37)28-20-4-8-23(9-5-20)31-26-16-27(32-24-10-6-21(7-11-24)29-18(2)38)35-36(34-26)33-25-14-12-22(13-15-25)30-19(3)39/h4-16,31,33-34H,1-3H3,(H,28,37)(H,29,38)(H,30,39)(H,32,35). The van der Waals surface area contributed by atoms with Gasteiger partial charge in [-0.05, 0) is 78.0 Å². The molecule has 0 aliphatic carbocycles. The molecule has 0 fully saturated rings. The van der Waals surface area contributed by atoms with Crippen LogP contribution in [-0.4, -0.2) is 28.8 Å². The molecule has 0 radical (unpaired) electrons. The van der Waals surface area contributed by atoms with E-state index in [4.69, 9.17) is 0 Å². The second-order valence-electron chi connectivity index (χ2n) is 8.60. The SMILES string of the molecule is CC(=O)Nc1ccc(N=C2C=C(Nc3ccc(NC(C)=O)cc3)NN(Nc3ccc(NC(C)=O)cc3)N2)cc1. The first-order valence-corrected chi connectivity index (χ1v) is 12.0. The van der Waals surface area contributed by atoms with Crippen LogP contribution in [0.4, 0.5) is 34.1 Å². The van der Waals surface area contributed by atoms with E-state index in [2.05, 4.69) is 42.5 Å². The third-order valence-electron chi connectivity index (χ3n) is 5.11. The molecule has 3 aromatic rings. The van der Waals surface area contributed by atoms with Crippen LogP contribution in [0, 0.1) is 0 Å². The maximum atomic E-state index is 11.3. The first-order chi connectivity index (χ1) is 18.7. The molecule has 12 heteroatoms. The highest BCUT2D eigenvalue weighted by Crippen LogP contribution is 2.19. The maximum Gasteiger partial charge on any atom is 0.221 e. The fraction of sp³-hybridized carbons (Fsp3) is 0.111. The number of benzene rings is 3. The van der Waals surface area contributed by atoms with Crippen LogP contribution in [0.15, 0.2) is 89.7 Å². The summed E-state index contributed by atoms with van der Waals surface area (Å²) in [7, 11) is 0. The lowest BCUT2D eigenvalue weighted by Gasteiger charge is -2.31. The Labute approximate surface area is 225 Å². The van der Waals surface area contributed by atoms with Gasteiger partial charge in [0.05, 0.1) is 11.4 Å². The number of hydrogen-bond acceptors (Lipinski definition) is 8. The molecule has 0 bridgehead atoms. The van der Waals surface area contributed by atoms with Gasteiger partial charge in [0.25, 0.3) is 0 Å². The van der Waals surface area contributed by atoms with Crippen molar-refractivity contribution in [2.75, 3.05) is 26.7 Å². The Morgan fingerprint density at radius 3 is 1.54 bits per heavy atom. The van der Waals surface area contributed by atoms with E-state index >= 15 is 0 Å². The highest BCUT2D eigenvalue weighted by molar-refractivity contribution is 5.96. The zero-order valence-corrected chi connectivity index (χ0v) is 21.6. The topological polar surface area (TPSA) is 151 Å². The second-order valence-corrected chi connectivity index (χ2v) is 8.60. The van der Waals surface area contributed by atoms with E-state index in [9.17, 15) is 14.4 Å². The third-order valence-corrected chi connectivity index (χ3v) is 5.11. The lowest BCUT2D eigenvalue weighted by Crippen LogP contribution is -2.57. The summed E-state index contributed by atoms with van der Waals surface area (Å²) >= 11 is 0. The molecule has 1 aliphatic rings. The Balaban J connectivity index is 1.54. The lowest BCUT2D eigenvalue weighted by molar-refractivity contribution is -0.115. The summed E-state index contributed by atoms with van der Waals surface area (Å²) < 4.78 is 0. The van der Waals surface area contributed by atoms with E-state index in [1.807, 2.05) is 24.3 Å². The molecule has 1 aliphatic heterocycles. The van der Waals surface area contributed by atoms with Gasteiger partial charge < -0.3 is 21.3 Å². The fourth-order valence-electron chi connectivity index (χ4n) is 3.56. The number of carbonyl (C=O) groups excluding carboxylic acids is 3. The van der Waals surface area contributed by atoms with E-state index < -0.39 is 0 Å². The fourth-order valence-corrected chi connectivity index (χ4v) is 3.56. The number of hydrazine groups is 3. The monoisotopic (exact) mass is 527 g/mol. The zero-order valence-electron chi connectivity index (χ0n) is 21.6. The summed E-state index contributed by atoms with van der Waals surface area (Å²) in [6.07, 6.45) is 1.79. The molecule has 39 heavy (non-hydrogen) atoms.